The molecule has 1 aromatic carbocycles. The molecular weight excluding hydrogens is 318 g/mol. The van der Waals surface area contributed by atoms with E-state index in [1.807, 2.05) is 24.3 Å². The lowest BCUT2D eigenvalue weighted by Gasteiger charge is -2.22. The zero-order valence-corrected chi connectivity index (χ0v) is 13.1. The molecule has 1 N–H and O–H groups in total. The first-order chi connectivity index (χ1) is 12.3. The first kappa shape index (κ1) is 13.9. The summed E-state index contributed by atoms with van der Waals surface area (Å²) in [6, 6.07) is 10.5. The fourth-order valence-corrected chi connectivity index (χ4v) is 3.21. The number of hydrogen-bond donors (Lipinski definition) is 1. The van der Waals surface area contributed by atoms with E-state index in [0.717, 1.165) is 16.9 Å². The molecule has 122 valence electrons. The van der Waals surface area contributed by atoms with Gasteiger partial charge in [-0.2, -0.15) is 0 Å². The smallest absolute Gasteiger partial charge is 0.255 e. The Bertz CT molecular complexity index is 1040. The number of oxazole rings is 1. The first-order valence-corrected chi connectivity index (χ1v) is 7.90. The maximum Gasteiger partial charge on any atom is 0.255 e. The molecule has 0 aliphatic carbocycles. The molecule has 25 heavy (non-hydrogen) atoms. The fraction of sp³-hybridized carbons (Fsp3) is 0.111. The van der Waals surface area contributed by atoms with Crippen molar-refractivity contribution in [3.63, 3.8) is 0 Å². The van der Waals surface area contributed by atoms with Crippen LogP contribution in [0.15, 0.2) is 59.5 Å². The van der Waals surface area contributed by atoms with E-state index in [9.17, 15) is 4.79 Å². The quantitative estimate of drug-likeness (QED) is 0.610. The van der Waals surface area contributed by atoms with Gasteiger partial charge >= 0.3 is 0 Å². The third-order valence-electron chi connectivity index (χ3n) is 4.38. The van der Waals surface area contributed by atoms with Gasteiger partial charge in [-0.1, -0.05) is 12.1 Å². The summed E-state index contributed by atoms with van der Waals surface area (Å²) >= 11 is 0. The molecule has 0 bridgehead atoms. The number of fused-ring (bicyclic) bond motifs is 2. The Kier molecular flexibility index (Phi) is 2.93. The number of imidazole rings is 1. The fourth-order valence-electron chi connectivity index (χ4n) is 3.21. The minimum Gasteiger partial charge on any atom is -0.438 e. The number of carbonyl (C=O) groups excluding carboxylic acids is 1. The van der Waals surface area contributed by atoms with Crippen LogP contribution >= 0.6 is 0 Å². The lowest BCUT2D eigenvalue weighted by molar-refractivity contribution is 0.0696. The number of amides is 1. The predicted molar refractivity (Wildman–Crippen MR) is 88.6 cm³/mol. The van der Waals surface area contributed by atoms with E-state index in [1.54, 1.807) is 35.8 Å². The lowest BCUT2D eigenvalue weighted by Crippen LogP contribution is -2.30. The standard InChI is InChI=1S/C18H13N5O2/c24-18(11-5-7-19-8-6-11)23-9-13-15(21-10-20-13)16(23)17-22-12-3-1-2-4-14(12)25-17/h1-8,10,16H,9H2,(H,20,21)/t16-/m0/s1. The van der Waals surface area contributed by atoms with E-state index in [2.05, 4.69) is 19.9 Å². The van der Waals surface area contributed by atoms with Crippen LogP contribution in [0.3, 0.4) is 0 Å². The van der Waals surface area contributed by atoms with Gasteiger partial charge in [0, 0.05) is 18.0 Å². The van der Waals surface area contributed by atoms with E-state index in [-0.39, 0.29) is 5.91 Å². The number of nitrogens with one attached hydrogen (secondary N) is 1. The summed E-state index contributed by atoms with van der Waals surface area (Å²) in [4.78, 5) is 30.7. The summed E-state index contributed by atoms with van der Waals surface area (Å²) in [5.74, 6) is 0.357. The maximum atomic E-state index is 13.0. The molecule has 7 heteroatoms. The Morgan fingerprint density at radius 3 is 2.88 bits per heavy atom. The predicted octanol–water partition coefficient (Wildman–Crippen LogP) is 2.69. The van der Waals surface area contributed by atoms with Crippen molar-refractivity contribution in [2.24, 2.45) is 0 Å². The van der Waals surface area contributed by atoms with Crippen molar-refractivity contribution in [2.45, 2.75) is 12.6 Å². The molecule has 1 atom stereocenters. The van der Waals surface area contributed by atoms with Crippen molar-refractivity contribution in [3.8, 4) is 0 Å². The first-order valence-electron chi connectivity index (χ1n) is 7.90. The van der Waals surface area contributed by atoms with Crippen LogP contribution in [0.4, 0.5) is 0 Å². The highest BCUT2D eigenvalue weighted by atomic mass is 16.4. The normalized spacial score (nSPS) is 16.3. The summed E-state index contributed by atoms with van der Waals surface area (Å²) in [6.07, 6.45) is 4.85. The number of aromatic nitrogens is 4. The average Bonchev–Trinajstić information content (AvgIpc) is 3.34. The molecule has 0 radical (unpaired) electrons. The Morgan fingerprint density at radius 1 is 1.20 bits per heavy atom. The van der Waals surface area contributed by atoms with Crippen molar-refractivity contribution >= 4 is 17.0 Å². The summed E-state index contributed by atoms with van der Waals surface area (Å²) in [5, 5.41) is 0. The maximum absolute atomic E-state index is 13.0. The molecule has 3 aromatic heterocycles. The molecule has 0 fully saturated rings. The second kappa shape index (κ2) is 5.27. The summed E-state index contributed by atoms with van der Waals surface area (Å²) < 4.78 is 5.92. The largest absolute Gasteiger partial charge is 0.438 e. The van der Waals surface area contributed by atoms with E-state index in [1.165, 1.54) is 0 Å². The number of pyridine rings is 1. The number of nitrogens with zero attached hydrogens (tertiary/aromatic N) is 4. The molecule has 4 aromatic rings. The zero-order valence-electron chi connectivity index (χ0n) is 13.1. The van der Waals surface area contributed by atoms with E-state index < -0.39 is 6.04 Å². The molecule has 0 saturated carbocycles. The van der Waals surface area contributed by atoms with Gasteiger partial charge in [0.05, 0.1) is 24.3 Å². The van der Waals surface area contributed by atoms with Gasteiger partial charge in [0.1, 0.15) is 5.52 Å². The average molecular weight is 331 g/mol. The monoisotopic (exact) mass is 331 g/mol. The minimum absolute atomic E-state index is 0.110. The topological polar surface area (TPSA) is 87.9 Å². The van der Waals surface area contributed by atoms with Crippen LogP contribution in [0.1, 0.15) is 33.7 Å². The Hall–Kier alpha value is -3.48. The van der Waals surface area contributed by atoms with Gasteiger partial charge in [-0.3, -0.25) is 9.78 Å². The molecule has 7 nitrogen and oxygen atoms in total. The van der Waals surface area contributed by atoms with Crippen molar-refractivity contribution < 1.29 is 9.21 Å². The molecule has 0 saturated heterocycles. The third-order valence-corrected chi connectivity index (χ3v) is 4.38. The highest BCUT2D eigenvalue weighted by molar-refractivity contribution is 5.94. The molecule has 0 spiro atoms. The van der Waals surface area contributed by atoms with Crippen LogP contribution in [0, 0.1) is 0 Å². The van der Waals surface area contributed by atoms with Gasteiger partial charge < -0.3 is 14.3 Å². The van der Waals surface area contributed by atoms with Crippen LogP contribution in [-0.2, 0) is 6.54 Å². The van der Waals surface area contributed by atoms with Crippen LogP contribution in [0.5, 0.6) is 0 Å². The van der Waals surface area contributed by atoms with Crippen molar-refractivity contribution in [2.75, 3.05) is 0 Å². The SMILES string of the molecule is O=C(c1ccncc1)N1Cc2[nH]cnc2[C@H]1c1nc2ccccc2o1. The van der Waals surface area contributed by atoms with Crippen molar-refractivity contribution in [3.05, 3.63) is 78.0 Å². The number of rotatable bonds is 2. The number of H-pyrrole nitrogens is 1. The van der Waals surface area contributed by atoms with E-state index in [4.69, 9.17) is 4.42 Å². The molecule has 1 amide bonds. The molecular formula is C18H13N5O2. The molecule has 1 aliphatic heterocycles. The molecule has 5 rings (SSSR count). The number of para-hydroxylation sites is 2. The second-order valence-corrected chi connectivity index (χ2v) is 5.86. The molecule has 0 unspecified atom stereocenters. The number of aromatic amines is 1. The van der Waals surface area contributed by atoms with E-state index in [0.29, 0.717) is 23.6 Å². The molecule has 4 heterocycles. The van der Waals surface area contributed by atoms with Gasteiger partial charge in [0.25, 0.3) is 5.91 Å². The van der Waals surface area contributed by atoms with Gasteiger partial charge in [-0.25, -0.2) is 9.97 Å². The van der Waals surface area contributed by atoms with Gasteiger partial charge in [0.15, 0.2) is 11.6 Å². The van der Waals surface area contributed by atoms with Crippen molar-refractivity contribution in [1.29, 1.82) is 0 Å². The second-order valence-electron chi connectivity index (χ2n) is 5.86. The van der Waals surface area contributed by atoms with Gasteiger partial charge in [0.2, 0.25) is 5.89 Å². The Balaban J connectivity index is 1.61. The van der Waals surface area contributed by atoms with Crippen LogP contribution in [0.2, 0.25) is 0 Å². The number of benzene rings is 1. The lowest BCUT2D eigenvalue weighted by atomic mass is 10.2. The van der Waals surface area contributed by atoms with Crippen molar-refractivity contribution in [1.82, 2.24) is 24.8 Å². The highest BCUT2D eigenvalue weighted by Gasteiger charge is 2.40. The third kappa shape index (κ3) is 2.13. The van der Waals surface area contributed by atoms with Crippen LogP contribution < -0.4 is 0 Å². The number of carbonyl (C=O) groups is 1. The van der Waals surface area contributed by atoms with Crippen LogP contribution in [0.25, 0.3) is 11.1 Å². The Labute approximate surface area is 142 Å². The highest BCUT2D eigenvalue weighted by Crippen LogP contribution is 2.38. The van der Waals surface area contributed by atoms with Crippen LogP contribution in [-0.4, -0.2) is 30.7 Å². The van der Waals surface area contributed by atoms with Gasteiger partial charge in [-0.15, -0.1) is 0 Å². The zero-order chi connectivity index (χ0) is 16.8. The Morgan fingerprint density at radius 2 is 2.04 bits per heavy atom. The summed E-state index contributed by atoms with van der Waals surface area (Å²) in [5.41, 5.74) is 3.69. The minimum atomic E-state index is -0.450. The summed E-state index contributed by atoms with van der Waals surface area (Å²) in [6.45, 7) is 0.430. The van der Waals surface area contributed by atoms with E-state index >= 15 is 0 Å². The summed E-state index contributed by atoms with van der Waals surface area (Å²) in [7, 11) is 0. The van der Waals surface area contributed by atoms with Gasteiger partial charge in [-0.05, 0) is 24.3 Å². The molecule has 1 aliphatic rings. The number of hydrogen-bond acceptors (Lipinski definition) is 5.